The maximum atomic E-state index is 12.6. The number of hydrogen-bond acceptors (Lipinski definition) is 5. The van der Waals surface area contributed by atoms with E-state index in [2.05, 4.69) is 9.72 Å². The molecule has 0 atom stereocenters. The predicted molar refractivity (Wildman–Crippen MR) is 54.0 cm³/mol. The van der Waals surface area contributed by atoms with E-state index >= 15 is 0 Å². The molecule has 0 spiro atoms. The molecule has 0 saturated heterocycles. The van der Waals surface area contributed by atoms with E-state index in [0.717, 1.165) is 13.2 Å². The molecule has 1 aromatic rings. The van der Waals surface area contributed by atoms with Crippen LogP contribution >= 0.6 is 0 Å². The minimum absolute atomic E-state index is 0.0105. The van der Waals surface area contributed by atoms with Gasteiger partial charge in [-0.2, -0.15) is 5.26 Å². The highest BCUT2D eigenvalue weighted by atomic mass is 19.3. The number of pyridine rings is 1. The maximum absolute atomic E-state index is 12.6. The van der Waals surface area contributed by atoms with Crippen molar-refractivity contribution in [3.05, 3.63) is 23.0 Å². The molecule has 0 aliphatic heterocycles. The van der Waals surface area contributed by atoms with E-state index in [1.54, 1.807) is 6.07 Å². The lowest BCUT2D eigenvalue weighted by molar-refractivity contribution is -0.139. The molecule has 0 fully saturated rings. The van der Waals surface area contributed by atoms with E-state index in [-0.39, 0.29) is 23.4 Å². The first kappa shape index (κ1) is 12.8. The highest BCUT2D eigenvalue weighted by Crippen LogP contribution is 2.24. The summed E-state index contributed by atoms with van der Waals surface area (Å²) in [5, 5.41) is 8.64. The number of nitrogens with zero attached hydrogens (tertiary/aromatic N) is 2. The van der Waals surface area contributed by atoms with Gasteiger partial charge in [0.2, 0.25) is 0 Å². The fraction of sp³-hybridized carbons (Fsp3) is 0.300. The van der Waals surface area contributed by atoms with Crippen LogP contribution in [0.25, 0.3) is 0 Å². The van der Waals surface area contributed by atoms with Crippen molar-refractivity contribution in [2.24, 2.45) is 0 Å². The molecule has 7 heteroatoms. The lowest BCUT2D eigenvalue weighted by Crippen LogP contribution is -2.11. The topological polar surface area (TPSA) is 89.0 Å². The maximum Gasteiger partial charge on any atom is 0.311 e. The number of aromatic nitrogens is 1. The third kappa shape index (κ3) is 2.87. The van der Waals surface area contributed by atoms with Crippen LogP contribution in [0, 0.1) is 11.3 Å². The van der Waals surface area contributed by atoms with Crippen molar-refractivity contribution in [2.75, 3.05) is 12.8 Å². The average molecular weight is 241 g/mol. The van der Waals surface area contributed by atoms with Crippen molar-refractivity contribution in [2.45, 2.75) is 12.8 Å². The van der Waals surface area contributed by atoms with E-state index in [0.29, 0.717) is 0 Å². The summed E-state index contributed by atoms with van der Waals surface area (Å²) >= 11 is 0. The van der Waals surface area contributed by atoms with E-state index < -0.39 is 18.1 Å². The van der Waals surface area contributed by atoms with Gasteiger partial charge in [0.25, 0.3) is 6.43 Å². The zero-order valence-electron chi connectivity index (χ0n) is 8.91. The Morgan fingerprint density at radius 2 is 2.35 bits per heavy atom. The molecule has 0 bridgehead atoms. The van der Waals surface area contributed by atoms with Gasteiger partial charge < -0.3 is 10.5 Å². The van der Waals surface area contributed by atoms with Crippen LogP contribution in [0.1, 0.15) is 23.4 Å². The molecule has 2 N–H and O–H groups in total. The zero-order chi connectivity index (χ0) is 13.0. The van der Waals surface area contributed by atoms with Gasteiger partial charge in [-0.3, -0.25) is 4.79 Å². The molecular weight excluding hydrogens is 232 g/mol. The minimum atomic E-state index is -2.90. The minimum Gasteiger partial charge on any atom is -0.469 e. The number of alkyl halides is 2. The fourth-order valence-electron chi connectivity index (χ4n) is 1.19. The Morgan fingerprint density at radius 1 is 1.71 bits per heavy atom. The Labute approximate surface area is 95.8 Å². The standard InChI is InChI=1S/C10H9F2N3O2/c1-17-8(16)3-7-6(14)2-5(4-13)9(15-7)10(11)12/h2,10H,3,14H2,1H3. The van der Waals surface area contributed by atoms with Crippen LogP contribution in [0.2, 0.25) is 0 Å². The predicted octanol–water partition coefficient (Wildman–Crippen LogP) is 1.19. The number of nitrogens with two attached hydrogens (primary N) is 1. The number of nitriles is 1. The van der Waals surface area contributed by atoms with E-state index in [1.165, 1.54) is 0 Å². The third-order valence-electron chi connectivity index (χ3n) is 2.03. The second kappa shape index (κ2) is 5.21. The molecule has 1 aromatic heterocycles. The number of carbonyl (C=O) groups is 1. The van der Waals surface area contributed by atoms with E-state index in [4.69, 9.17) is 11.0 Å². The first-order chi connectivity index (χ1) is 7.99. The smallest absolute Gasteiger partial charge is 0.311 e. The van der Waals surface area contributed by atoms with Crippen LogP contribution in [0.15, 0.2) is 6.07 Å². The summed E-state index contributed by atoms with van der Waals surface area (Å²) in [5.74, 6) is -0.644. The number of anilines is 1. The zero-order valence-corrected chi connectivity index (χ0v) is 8.91. The van der Waals surface area contributed by atoms with Crippen LogP contribution in [0.5, 0.6) is 0 Å². The number of esters is 1. The van der Waals surface area contributed by atoms with E-state index in [9.17, 15) is 13.6 Å². The van der Waals surface area contributed by atoms with Gasteiger partial charge in [-0.15, -0.1) is 0 Å². The first-order valence-corrected chi connectivity index (χ1v) is 4.54. The average Bonchev–Trinajstić information content (AvgIpc) is 2.30. The van der Waals surface area contributed by atoms with Crippen LogP contribution < -0.4 is 5.73 Å². The number of methoxy groups -OCH3 is 1. The van der Waals surface area contributed by atoms with Crippen molar-refractivity contribution in [1.29, 1.82) is 5.26 Å². The fourth-order valence-corrected chi connectivity index (χ4v) is 1.19. The third-order valence-corrected chi connectivity index (χ3v) is 2.03. The van der Waals surface area contributed by atoms with E-state index in [1.807, 2.05) is 0 Å². The molecule has 5 nitrogen and oxygen atoms in total. The highest BCUT2D eigenvalue weighted by molar-refractivity contribution is 5.74. The molecule has 0 saturated carbocycles. The first-order valence-electron chi connectivity index (χ1n) is 4.54. The summed E-state index contributed by atoms with van der Waals surface area (Å²) in [7, 11) is 1.16. The van der Waals surface area contributed by atoms with Crippen LogP contribution in [0.4, 0.5) is 14.5 Å². The van der Waals surface area contributed by atoms with Gasteiger partial charge in [0, 0.05) is 0 Å². The molecule has 17 heavy (non-hydrogen) atoms. The lowest BCUT2D eigenvalue weighted by Gasteiger charge is -2.08. The molecule has 0 aliphatic rings. The van der Waals surface area contributed by atoms with Gasteiger partial charge in [0.15, 0.2) is 0 Å². The summed E-state index contributed by atoms with van der Waals surface area (Å²) < 4.78 is 29.5. The Balaban J connectivity index is 3.21. The Kier molecular flexibility index (Phi) is 3.93. The largest absolute Gasteiger partial charge is 0.469 e. The highest BCUT2D eigenvalue weighted by Gasteiger charge is 2.19. The van der Waals surface area contributed by atoms with Gasteiger partial charge in [0.05, 0.1) is 30.5 Å². The lowest BCUT2D eigenvalue weighted by atomic mass is 10.1. The van der Waals surface area contributed by atoms with Crippen molar-refractivity contribution in [1.82, 2.24) is 4.98 Å². The summed E-state index contributed by atoms with van der Waals surface area (Å²) in [5.41, 5.74) is 4.51. The van der Waals surface area contributed by atoms with Crippen molar-refractivity contribution in [3.63, 3.8) is 0 Å². The number of rotatable bonds is 3. The summed E-state index contributed by atoms with van der Waals surface area (Å²) in [6.07, 6.45) is -3.21. The molecule has 90 valence electrons. The second-order valence-corrected chi connectivity index (χ2v) is 3.12. The Hall–Kier alpha value is -2.23. The second-order valence-electron chi connectivity index (χ2n) is 3.12. The van der Waals surface area contributed by atoms with Crippen molar-refractivity contribution in [3.8, 4) is 6.07 Å². The molecule has 0 radical (unpaired) electrons. The van der Waals surface area contributed by atoms with Crippen LogP contribution in [-0.4, -0.2) is 18.1 Å². The van der Waals surface area contributed by atoms with Crippen LogP contribution in [-0.2, 0) is 16.0 Å². The normalized spacial score (nSPS) is 10.1. The molecule has 0 amide bonds. The number of nitrogen functional groups attached to an aromatic ring is 1. The number of ether oxygens (including phenoxy) is 1. The summed E-state index contributed by atoms with van der Waals surface area (Å²) in [6, 6.07) is 2.65. The molecular formula is C10H9F2N3O2. The Morgan fingerprint density at radius 3 is 2.82 bits per heavy atom. The molecule has 0 aliphatic carbocycles. The van der Waals surface area contributed by atoms with Crippen molar-refractivity contribution < 1.29 is 18.3 Å². The number of carbonyl (C=O) groups excluding carboxylic acids is 1. The number of hydrogen-bond donors (Lipinski definition) is 1. The monoisotopic (exact) mass is 241 g/mol. The summed E-state index contributed by atoms with van der Waals surface area (Å²) in [4.78, 5) is 14.5. The molecule has 0 unspecified atom stereocenters. The Bertz CT molecular complexity index is 483. The molecule has 0 aromatic carbocycles. The van der Waals surface area contributed by atoms with Gasteiger partial charge in [-0.05, 0) is 6.07 Å². The van der Waals surface area contributed by atoms with Crippen LogP contribution in [0.3, 0.4) is 0 Å². The molecule has 1 rings (SSSR count). The number of halogens is 2. The van der Waals surface area contributed by atoms with Gasteiger partial charge in [-0.1, -0.05) is 0 Å². The summed E-state index contributed by atoms with van der Waals surface area (Å²) in [6.45, 7) is 0. The van der Waals surface area contributed by atoms with Gasteiger partial charge >= 0.3 is 5.97 Å². The quantitative estimate of drug-likeness (QED) is 0.803. The van der Waals surface area contributed by atoms with Crippen molar-refractivity contribution >= 4 is 11.7 Å². The molecule has 1 heterocycles. The van der Waals surface area contributed by atoms with Gasteiger partial charge in [-0.25, -0.2) is 13.8 Å². The van der Waals surface area contributed by atoms with Gasteiger partial charge in [0.1, 0.15) is 11.8 Å². The SMILES string of the molecule is COC(=O)Cc1nc(C(F)F)c(C#N)cc1N.